The molecule has 1 rings (SSSR count). The standard InChI is InChI=1S/C7H14O2/c1-5-6(8)3-4-7(5,2)9/h5-6,8-9H,3-4H2,1-2H3. The zero-order valence-corrected chi connectivity index (χ0v) is 5.96. The number of hydrogen-bond donors (Lipinski definition) is 2. The molecule has 0 bridgehead atoms. The molecular weight excluding hydrogens is 116 g/mol. The van der Waals surface area contributed by atoms with Crippen LogP contribution < -0.4 is 0 Å². The van der Waals surface area contributed by atoms with Gasteiger partial charge in [-0.15, -0.1) is 0 Å². The minimum Gasteiger partial charge on any atom is -0.393 e. The first kappa shape index (κ1) is 7.03. The normalized spacial score (nSPS) is 52.0. The van der Waals surface area contributed by atoms with E-state index in [-0.39, 0.29) is 12.0 Å². The lowest BCUT2D eigenvalue weighted by Gasteiger charge is -2.22. The lowest BCUT2D eigenvalue weighted by molar-refractivity contribution is -0.00223. The van der Waals surface area contributed by atoms with Crippen LogP contribution in [-0.2, 0) is 0 Å². The van der Waals surface area contributed by atoms with Gasteiger partial charge in [0, 0.05) is 5.92 Å². The molecule has 0 heterocycles. The highest BCUT2D eigenvalue weighted by atomic mass is 16.3. The maximum Gasteiger partial charge on any atom is 0.0670 e. The average Bonchev–Trinajstić information content (AvgIpc) is 1.97. The second kappa shape index (κ2) is 1.96. The van der Waals surface area contributed by atoms with Gasteiger partial charge in [-0.2, -0.15) is 0 Å². The topological polar surface area (TPSA) is 40.5 Å². The first-order valence-electron chi connectivity index (χ1n) is 3.44. The predicted octanol–water partition coefficient (Wildman–Crippen LogP) is 0.528. The van der Waals surface area contributed by atoms with Crippen molar-refractivity contribution in [2.24, 2.45) is 5.92 Å². The fraction of sp³-hybridized carbons (Fsp3) is 1.00. The molecule has 2 N–H and O–H groups in total. The minimum atomic E-state index is -0.626. The van der Waals surface area contributed by atoms with Crippen molar-refractivity contribution in [1.82, 2.24) is 0 Å². The Morgan fingerprint density at radius 1 is 1.56 bits per heavy atom. The van der Waals surface area contributed by atoms with Gasteiger partial charge in [0.05, 0.1) is 11.7 Å². The maximum atomic E-state index is 9.47. The first-order valence-corrected chi connectivity index (χ1v) is 3.44. The van der Waals surface area contributed by atoms with Crippen LogP contribution in [0.5, 0.6) is 0 Å². The van der Waals surface area contributed by atoms with Gasteiger partial charge in [-0.3, -0.25) is 0 Å². The average molecular weight is 130 g/mol. The second-order valence-electron chi connectivity index (χ2n) is 3.25. The van der Waals surface area contributed by atoms with Crippen molar-refractivity contribution in [1.29, 1.82) is 0 Å². The molecule has 0 saturated heterocycles. The van der Waals surface area contributed by atoms with Crippen LogP contribution in [0, 0.1) is 5.92 Å². The van der Waals surface area contributed by atoms with Gasteiger partial charge in [0.25, 0.3) is 0 Å². The second-order valence-corrected chi connectivity index (χ2v) is 3.25. The zero-order valence-electron chi connectivity index (χ0n) is 5.96. The van der Waals surface area contributed by atoms with E-state index in [2.05, 4.69) is 0 Å². The summed E-state index contributed by atoms with van der Waals surface area (Å²) in [5.41, 5.74) is -0.626. The summed E-state index contributed by atoms with van der Waals surface area (Å²) in [4.78, 5) is 0. The minimum absolute atomic E-state index is 0.0394. The molecular formula is C7H14O2. The Labute approximate surface area is 55.5 Å². The van der Waals surface area contributed by atoms with Crippen LogP contribution in [-0.4, -0.2) is 21.9 Å². The molecule has 0 aromatic carbocycles. The Morgan fingerprint density at radius 2 is 2.11 bits per heavy atom. The zero-order chi connectivity index (χ0) is 7.07. The molecule has 0 spiro atoms. The first-order chi connectivity index (χ1) is 4.04. The van der Waals surface area contributed by atoms with Gasteiger partial charge < -0.3 is 10.2 Å². The molecule has 1 aliphatic rings. The Bertz CT molecular complexity index is 109. The molecule has 1 fully saturated rings. The summed E-state index contributed by atoms with van der Waals surface area (Å²) < 4.78 is 0. The molecule has 54 valence electrons. The quantitative estimate of drug-likeness (QED) is 0.502. The van der Waals surface area contributed by atoms with Gasteiger partial charge in [0.15, 0.2) is 0 Å². The van der Waals surface area contributed by atoms with Crippen molar-refractivity contribution < 1.29 is 10.2 Å². The highest BCUT2D eigenvalue weighted by Crippen LogP contribution is 2.34. The fourth-order valence-corrected chi connectivity index (χ4v) is 1.33. The van der Waals surface area contributed by atoms with E-state index >= 15 is 0 Å². The third-order valence-electron chi connectivity index (χ3n) is 2.50. The number of rotatable bonds is 0. The van der Waals surface area contributed by atoms with Crippen LogP contribution in [0.1, 0.15) is 26.7 Å². The number of aliphatic hydroxyl groups excluding tert-OH is 1. The van der Waals surface area contributed by atoms with Gasteiger partial charge in [-0.05, 0) is 19.8 Å². The van der Waals surface area contributed by atoms with Gasteiger partial charge in [0.2, 0.25) is 0 Å². The van der Waals surface area contributed by atoms with Gasteiger partial charge >= 0.3 is 0 Å². The maximum absolute atomic E-state index is 9.47. The molecule has 0 radical (unpaired) electrons. The van der Waals surface area contributed by atoms with Crippen molar-refractivity contribution in [3.05, 3.63) is 0 Å². The third-order valence-corrected chi connectivity index (χ3v) is 2.50. The smallest absolute Gasteiger partial charge is 0.0670 e. The summed E-state index contributed by atoms with van der Waals surface area (Å²) in [6.07, 6.45) is 1.18. The van der Waals surface area contributed by atoms with E-state index in [4.69, 9.17) is 0 Å². The lowest BCUT2D eigenvalue weighted by atomic mass is 9.94. The van der Waals surface area contributed by atoms with Gasteiger partial charge in [-0.1, -0.05) is 6.92 Å². The summed E-state index contributed by atoms with van der Waals surface area (Å²) in [6.45, 7) is 3.67. The molecule has 9 heavy (non-hydrogen) atoms. The van der Waals surface area contributed by atoms with Gasteiger partial charge in [0.1, 0.15) is 0 Å². The Hall–Kier alpha value is -0.0800. The molecule has 3 unspecified atom stereocenters. The molecule has 2 heteroatoms. The van der Waals surface area contributed by atoms with E-state index in [0.29, 0.717) is 0 Å². The summed E-state index contributed by atoms with van der Waals surface area (Å²) in [6, 6.07) is 0. The molecule has 2 nitrogen and oxygen atoms in total. The largest absolute Gasteiger partial charge is 0.393 e. The van der Waals surface area contributed by atoms with E-state index in [0.717, 1.165) is 12.8 Å². The van der Waals surface area contributed by atoms with Crippen LogP contribution >= 0.6 is 0 Å². The van der Waals surface area contributed by atoms with Crippen LogP contribution in [0.2, 0.25) is 0 Å². The van der Waals surface area contributed by atoms with Crippen molar-refractivity contribution in [3.8, 4) is 0 Å². The molecule has 0 aromatic rings. The molecule has 1 aliphatic carbocycles. The van der Waals surface area contributed by atoms with E-state index in [9.17, 15) is 10.2 Å². The Morgan fingerprint density at radius 3 is 2.22 bits per heavy atom. The van der Waals surface area contributed by atoms with Crippen molar-refractivity contribution in [2.45, 2.75) is 38.4 Å². The van der Waals surface area contributed by atoms with Crippen molar-refractivity contribution in [2.75, 3.05) is 0 Å². The Kier molecular flexibility index (Phi) is 1.53. The molecule has 1 saturated carbocycles. The van der Waals surface area contributed by atoms with Crippen LogP contribution in [0.3, 0.4) is 0 Å². The predicted molar refractivity (Wildman–Crippen MR) is 35.0 cm³/mol. The third kappa shape index (κ3) is 1.10. The highest BCUT2D eigenvalue weighted by molar-refractivity contribution is 4.91. The van der Waals surface area contributed by atoms with E-state index in [1.807, 2.05) is 6.92 Å². The van der Waals surface area contributed by atoms with Crippen molar-refractivity contribution in [3.63, 3.8) is 0 Å². The SMILES string of the molecule is CC1C(O)CCC1(C)O. The molecule has 0 amide bonds. The summed E-state index contributed by atoms with van der Waals surface area (Å²) in [7, 11) is 0. The molecule has 0 aromatic heterocycles. The molecule has 3 atom stereocenters. The lowest BCUT2D eigenvalue weighted by Crippen LogP contribution is -2.31. The van der Waals surface area contributed by atoms with E-state index in [1.165, 1.54) is 0 Å². The van der Waals surface area contributed by atoms with Crippen molar-refractivity contribution >= 4 is 0 Å². The molecule has 0 aliphatic heterocycles. The highest BCUT2D eigenvalue weighted by Gasteiger charge is 2.39. The summed E-state index contributed by atoms with van der Waals surface area (Å²) in [5, 5.41) is 18.6. The number of aliphatic hydroxyl groups is 2. The monoisotopic (exact) mass is 130 g/mol. The summed E-state index contributed by atoms with van der Waals surface area (Å²) >= 11 is 0. The fourth-order valence-electron chi connectivity index (χ4n) is 1.33. The van der Waals surface area contributed by atoms with Crippen LogP contribution in [0.4, 0.5) is 0 Å². The van der Waals surface area contributed by atoms with Crippen LogP contribution in [0.25, 0.3) is 0 Å². The van der Waals surface area contributed by atoms with Gasteiger partial charge in [-0.25, -0.2) is 0 Å². The van der Waals surface area contributed by atoms with E-state index < -0.39 is 5.60 Å². The number of hydrogen-bond acceptors (Lipinski definition) is 2. The summed E-state index contributed by atoms with van der Waals surface area (Å²) in [5.74, 6) is 0.0394. The van der Waals surface area contributed by atoms with Crippen LogP contribution in [0.15, 0.2) is 0 Å². The Balaban J connectivity index is 2.62. The van der Waals surface area contributed by atoms with E-state index in [1.54, 1.807) is 6.92 Å².